The molecule has 30 heavy (non-hydrogen) atoms. The molecule has 3 atom stereocenters. The molecule has 1 saturated heterocycles. The topological polar surface area (TPSA) is 76.0 Å². The van der Waals surface area contributed by atoms with Crippen LogP contribution in [0.15, 0.2) is 91.0 Å². The fourth-order valence-corrected chi connectivity index (χ4v) is 3.90. The summed E-state index contributed by atoms with van der Waals surface area (Å²) >= 11 is 0. The Kier molecular flexibility index (Phi) is 5.43. The zero-order valence-corrected chi connectivity index (χ0v) is 16.6. The summed E-state index contributed by atoms with van der Waals surface area (Å²) in [5, 5.41) is 20.6. The van der Waals surface area contributed by atoms with Crippen molar-refractivity contribution in [1.82, 2.24) is 0 Å². The van der Waals surface area contributed by atoms with Gasteiger partial charge in [0, 0.05) is 0 Å². The van der Waals surface area contributed by atoms with E-state index in [1.807, 2.05) is 91.0 Å². The van der Waals surface area contributed by atoms with Crippen LogP contribution in [-0.2, 0) is 19.9 Å². The van der Waals surface area contributed by atoms with E-state index in [9.17, 15) is 15.0 Å². The Bertz CT molecular complexity index is 889. The fraction of sp³-hybridized carbons (Fsp3) is 0.240. The minimum Gasteiger partial charge on any atom is -0.455 e. The molecule has 0 aliphatic carbocycles. The van der Waals surface area contributed by atoms with E-state index in [4.69, 9.17) is 9.47 Å². The highest BCUT2D eigenvalue weighted by atomic mass is 16.6. The molecule has 1 fully saturated rings. The van der Waals surface area contributed by atoms with Gasteiger partial charge >= 0.3 is 5.97 Å². The molecule has 0 unspecified atom stereocenters. The van der Waals surface area contributed by atoms with Crippen LogP contribution in [0.4, 0.5) is 0 Å². The third-order valence-corrected chi connectivity index (χ3v) is 5.60. The molecule has 2 N–H and O–H groups in total. The Morgan fingerprint density at radius 1 is 0.867 bits per heavy atom. The first kappa shape index (κ1) is 20.3. The summed E-state index contributed by atoms with van der Waals surface area (Å²) in [4.78, 5) is 12.0. The zero-order chi connectivity index (χ0) is 21.2. The van der Waals surface area contributed by atoms with Crippen LogP contribution in [0.5, 0.6) is 0 Å². The summed E-state index contributed by atoms with van der Waals surface area (Å²) < 4.78 is 11.8. The van der Waals surface area contributed by atoms with Gasteiger partial charge in [-0.1, -0.05) is 91.0 Å². The van der Waals surface area contributed by atoms with Gasteiger partial charge in [-0.15, -0.1) is 0 Å². The Hall–Kier alpha value is -2.99. The average molecular weight is 404 g/mol. The lowest BCUT2D eigenvalue weighted by atomic mass is 9.80. The highest BCUT2D eigenvalue weighted by Gasteiger charge is 2.53. The van der Waals surface area contributed by atoms with Crippen LogP contribution < -0.4 is 0 Å². The zero-order valence-electron chi connectivity index (χ0n) is 16.6. The molecule has 0 amide bonds. The van der Waals surface area contributed by atoms with Crippen molar-refractivity contribution >= 4 is 5.97 Å². The lowest BCUT2D eigenvalue weighted by Gasteiger charge is -2.36. The predicted molar refractivity (Wildman–Crippen MR) is 112 cm³/mol. The highest BCUT2D eigenvalue weighted by molar-refractivity contribution is 5.82. The van der Waals surface area contributed by atoms with E-state index in [0.717, 1.165) is 16.7 Å². The summed E-state index contributed by atoms with van der Waals surface area (Å²) in [5.41, 5.74) is -0.262. The van der Waals surface area contributed by atoms with Crippen LogP contribution in [0.25, 0.3) is 0 Å². The number of hydrogen-bond acceptors (Lipinski definition) is 5. The first-order chi connectivity index (χ1) is 14.5. The number of esters is 1. The van der Waals surface area contributed by atoms with Crippen molar-refractivity contribution in [3.63, 3.8) is 0 Å². The lowest BCUT2D eigenvalue weighted by Crippen LogP contribution is -2.45. The van der Waals surface area contributed by atoms with E-state index in [2.05, 4.69) is 0 Å². The van der Waals surface area contributed by atoms with Crippen molar-refractivity contribution in [2.75, 3.05) is 6.61 Å². The van der Waals surface area contributed by atoms with Gasteiger partial charge in [-0.2, -0.15) is 0 Å². The summed E-state index contributed by atoms with van der Waals surface area (Å²) in [5.74, 6) is -0.853. The Morgan fingerprint density at radius 3 is 1.60 bits per heavy atom. The molecule has 5 nitrogen and oxygen atoms in total. The second-order valence-electron chi connectivity index (χ2n) is 7.63. The molecular formula is C25H24O5. The second-order valence-corrected chi connectivity index (χ2v) is 7.63. The third kappa shape index (κ3) is 3.41. The molecule has 1 aliphatic rings. The molecule has 3 aromatic rings. The maximum Gasteiger partial charge on any atom is 0.341 e. The molecule has 0 saturated carbocycles. The number of hydrogen-bond donors (Lipinski definition) is 2. The summed E-state index contributed by atoms with van der Waals surface area (Å²) in [6, 6.07) is 29.3. The van der Waals surface area contributed by atoms with Crippen LogP contribution in [0.3, 0.4) is 0 Å². The van der Waals surface area contributed by atoms with Gasteiger partial charge in [0.2, 0.25) is 0 Å². The number of carbonyl (C=O) groups excluding carboxylic acids is 1. The van der Waals surface area contributed by atoms with Crippen molar-refractivity contribution in [2.45, 2.75) is 30.3 Å². The van der Waals surface area contributed by atoms with Gasteiger partial charge in [0.1, 0.15) is 11.7 Å². The first-order valence-corrected chi connectivity index (χ1v) is 9.88. The Morgan fingerprint density at radius 2 is 1.27 bits per heavy atom. The van der Waals surface area contributed by atoms with Gasteiger partial charge in [-0.05, 0) is 23.6 Å². The lowest BCUT2D eigenvalue weighted by molar-refractivity contribution is -0.156. The Labute approximate surface area is 175 Å². The number of ether oxygens (including phenoxy) is 2. The van der Waals surface area contributed by atoms with Crippen LogP contribution in [0, 0.1) is 0 Å². The van der Waals surface area contributed by atoms with Crippen LogP contribution in [0.2, 0.25) is 0 Å². The molecule has 0 spiro atoms. The van der Waals surface area contributed by atoms with Gasteiger partial charge in [-0.3, -0.25) is 0 Å². The largest absolute Gasteiger partial charge is 0.455 e. The fourth-order valence-electron chi connectivity index (χ4n) is 3.90. The molecule has 4 rings (SSSR count). The van der Waals surface area contributed by atoms with Crippen molar-refractivity contribution in [3.05, 3.63) is 108 Å². The molecule has 1 aliphatic heterocycles. The standard InChI is InChI=1S/C25H24O5/c1-24(28)22(26)21(30-23(24)27)17-29-25(18-11-5-2-6-12-18,19-13-7-3-8-14-19)20-15-9-4-10-16-20/h2-16,21-22,26,28H,17H2,1H3/t21-,22+,24+/m1/s1. The van der Waals surface area contributed by atoms with Crippen molar-refractivity contribution in [3.8, 4) is 0 Å². The van der Waals surface area contributed by atoms with Crippen molar-refractivity contribution in [2.24, 2.45) is 0 Å². The van der Waals surface area contributed by atoms with Crippen LogP contribution in [-0.4, -0.2) is 40.6 Å². The molecule has 1 heterocycles. The molecule has 0 radical (unpaired) electrons. The smallest absolute Gasteiger partial charge is 0.341 e. The molecule has 5 heteroatoms. The minimum atomic E-state index is -1.96. The van der Waals surface area contributed by atoms with E-state index in [0.29, 0.717) is 0 Å². The van der Waals surface area contributed by atoms with Crippen LogP contribution in [0.1, 0.15) is 23.6 Å². The van der Waals surface area contributed by atoms with Gasteiger partial charge in [0.05, 0.1) is 6.61 Å². The maximum absolute atomic E-state index is 12.0. The van der Waals surface area contributed by atoms with Gasteiger partial charge in [0.15, 0.2) is 11.7 Å². The average Bonchev–Trinajstić information content (AvgIpc) is 2.99. The molecule has 3 aromatic carbocycles. The molecule has 0 aromatic heterocycles. The quantitative estimate of drug-likeness (QED) is 0.488. The monoisotopic (exact) mass is 404 g/mol. The first-order valence-electron chi connectivity index (χ1n) is 9.88. The number of aliphatic hydroxyl groups is 2. The predicted octanol–water partition coefficient (Wildman–Crippen LogP) is 3.03. The van der Waals surface area contributed by atoms with E-state index >= 15 is 0 Å². The SMILES string of the molecule is C[C@@]1(O)C(=O)O[C@H](COC(c2ccccc2)(c2ccccc2)c2ccccc2)[C@@H]1O. The molecular weight excluding hydrogens is 380 g/mol. The second kappa shape index (κ2) is 8.03. The van der Waals surface area contributed by atoms with Gasteiger partial charge in [-0.25, -0.2) is 4.79 Å². The number of carbonyl (C=O) groups is 1. The molecule has 0 bridgehead atoms. The van der Waals surface area contributed by atoms with Gasteiger partial charge in [0.25, 0.3) is 0 Å². The van der Waals surface area contributed by atoms with Crippen molar-refractivity contribution in [1.29, 1.82) is 0 Å². The summed E-state index contributed by atoms with van der Waals surface area (Å²) in [7, 11) is 0. The van der Waals surface area contributed by atoms with Gasteiger partial charge < -0.3 is 19.7 Å². The highest BCUT2D eigenvalue weighted by Crippen LogP contribution is 2.41. The number of rotatable bonds is 6. The van der Waals surface area contributed by atoms with E-state index in [-0.39, 0.29) is 6.61 Å². The number of aliphatic hydroxyl groups excluding tert-OH is 1. The van der Waals surface area contributed by atoms with E-state index < -0.39 is 29.4 Å². The number of cyclic esters (lactones) is 1. The summed E-state index contributed by atoms with van der Waals surface area (Å²) in [6.07, 6.45) is -2.37. The van der Waals surface area contributed by atoms with Crippen LogP contribution >= 0.6 is 0 Å². The van der Waals surface area contributed by atoms with Crippen molar-refractivity contribution < 1.29 is 24.5 Å². The number of benzene rings is 3. The Balaban J connectivity index is 1.81. The van der Waals surface area contributed by atoms with E-state index in [1.54, 1.807) is 0 Å². The maximum atomic E-state index is 12.0. The minimum absolute atomic E-state index is 0.0955. The summed E-state index contributed by atoms with van der Waals surface area (Å²) in [6.45, 7) is 1.15. The molecule has 154 valence electrons. The third-order valence-electron chi connectivity index (χ3n) is 5.60. The normalized spacial score (nSPS) is 23.9. The van der Waals surface area contributed by atoms with E-state index in [1.165, 1.54) is 6.92 Å².